The standard InChI is InChI=1S/C20H18FN3O2.HI/c21-18-11-14(9-10-19(18)25)13-23-20(22)24-15-5-4-8-17(12-15)26-16-6-2-1-3-7-16;/h1-12,25H,13H2,(H3,22,23,24);1H. The highest BCUT2D eigenvalue weighted by atomic mass is 127. The van der Waals surface area contributed by atoms with Gasteiger partial charge in [0.1, 0.15) is 11.5 Å². The Morgan fingerprint density at radius 1 is 1.00 bits per heavy atom. The maximum Gasteiger partial charge on any atom is 0.193 e. The highest BCUT2D eigenvalue weighted by molar-refractivity contribution is 14.0. The van der Waals surface area contributed by atoms with Crippen molar-refractivity contribution in [3.8, 4) is 17.2 Å². The van der Waals surface area contributed by atoms with Gasteiger partial charge in [-0.25, -0.2) is 9.38 Å². The van der Waals surface area contributed by atoms with E-state index in [1.54, 1.807) is 12.1 Å². The first-order chi connectivity index (χ1) is 12.6. The number of phenolic OH excluding ortho intramolecular Hbond substituents is 1. The van der Waals surface area contributed by atoms with Crippen molar-refractivity contribution in [2.75, 3.05) is 5.32 Å². The van der Waals surface area contributed by atoms with Crippen LogP contribution in [0.3, 0.4) is 0 Å². The monoisotopic (exact) mass is 479 g/mol. The number of ether oxygens (including phenoxy) is 1. The van der Waals surface area contributed by atoms with E-state index in [9.17, 15) is 9.50 Å². The summed E-state index contributed by atoms with van der Waals surface area (Å²) >= 11 is 0. The van der Waals surface area contributed by atoms with Crippen molar-refractivity contribution in [3.05, 3.63) is 84.2 Å². The van der Waals surface area contributed by atoms with Crippen molar-refractivity contribution in [3.63, 3.8) is 0 Å². The second kappa shape index (κ2) is 9.77. The number of nitrogens with two attached hydrogens (primary N) is 1. The van der Waals surface area contributed by atoms with Crippen molar-refractivity contribution in [2.24, 2.45) is 10.7 Å². The number of nitrogens with one attached hydrogen (secondary N) is 1. The van der Waals surface area contributed by atoms with Gasteiger partial charge in [0, 0.05) is 11.8 Å². The third kappa shape index (κ3) is 6.14. The fourth-order valence-electron chi connectivity index (χ4n) is 2.27. The molecule has 0 aliphatic heterocycles. The van der Waals surface area contributed by atoms with E-state index in [-0.39, 0.29) is 42.2 Å². The number of anilines is 1. The molecule has 0 bridgehead atoms. The summed E-state index contributed by atoms with van der Waals surface area (Å²) in [4.78, 5) is 4.17. The number of rotatable bonds is 5. The molecule has 0 aromatic heterocycles. The lowest BCUT2D eigenvalue weighted by Gasteiger charge is -2.09. The number of guanidine groups is 1. The minimum absolute atomic E-state index is 0. The maximum atomic E-state index is 13.3. The van der Waals surface area contributed by atoms with E-state index in [2.05, 4.69) is 10.3 Å². The summed E-state index contributed by atoms with van der Waals surface area (Å²) in [5, 5.41) is 12.2. The summed E-state index contributed by atoms with van der Waals surface area (Å²) in [6, 6.07) is 20.9. The summed E-state index contributed by atoms with van der Waals surface area (Å²) in [5.41, 5.74) is 7.20. The molecule has 0 saturated heterocycles. The molecule has 27 heavy (non-hydrogen) atoms. The van der Waals surface area contributed by atoms with Crippen LogP contribution in [0.1, 0.15) is 5.56 Å². The zero-order valence-corrected chi connectivity index (χ0v) is 16.6. The summed E-state index contributed by atoms with van der Waals surface area (Å²) < 4.78 is 19.1. The fraction of sp³-hybridized carbons (Fsp3) is 0.0500. The number of para-hydroxylation sites is 1. The smallest absolute Gasteiger partial charge is 0.193 e. The van der Waals surface area contributed by atoms with Crippen LogP contribution in [0.15, 0.2) is 77.8 Å². The van der Waals surface area contributed by atoms with Gasteiger partial charge in [-0.2, -0.15) is 0 Å². The van der Waals surface area contributed by atoms with Crippen LogP contribution in [0.5, 0.6) is 17.2 Å². The van der Waals surface area contributed by atoms with Crippen molar-refractivity contribution in [1.29, 1.82) is 0 Å². The number of hydrogen-bond acceptors (Lipinski definition) is 3. The lowest BCUT2D eigenvalue weighted by molar-refractivity contribution is 0.432. The Labute approximate surface area is 173 Å². The molecule has 0 amide bonds. The Balaban J connectivity index is 0.00000261. The largest absolute Gasteiger partial charge is 0.505 e. The first kappa shape index (κ1) is 20.5. The van der Waals surface area contributed by atoms with Gasteiger partial charge >= 0.3 is 0 Å². The van der Waals surface area contributed by atoms with Crippen LogP contribution in [-0.4, -0.2) is 11.1 Å². The van der Waals surface area contributed by atoms with E-state index in [1.165, 1.54) is 12.1 Å². The van der Waals surface area contributed by atoms with Gasteiger partial charge in [-0.1, -0.05) is 30.3 Å². The number of nitrogens with zero attached hydrogens (tertiary/aromatic N) is 1. The van der Waals surface area contributed by atoms with Gasteiger partial charge in [0.2, 0.25) is 0 Å². The van der Waals surface area contributed by atoms with Gasteiger partial charge in [-0.05, 0) is 42.0 Å². The summed E-state index contributed by atoms with van der Waals surface area (Å²) in [6.07, 6.45) is 0. The highest BCUT2D eigenvalue weighted by Gasteiger charge is 2.03. The van der Waals surface area contributed by atoms with Gasteiger partial charge in [-0.3, -0.25) is 0 Å². The summed E-state index contributed by atoms with van der Waals surface area (Å²) in [7, 11) is 0. The van der Waals surface area contributed by atoms with Crippen molar-refractivity contribution >= 4 is 35.6 Å². The van der Waals surface area contributed by atoms with Crippen LogP contribution < -0.4 is 15.8 Å². The molecular weight excluding hydrogens is 460 g/mol. The maximum absolute atomic E-state index is 13.3. The molecule has 4 N–H and O–H groups in total. The lowest BCUT2D eigenvalue weighted by atomic mass is 10.2. The molecule has 0 fully saturated rings. The predicted molar refractivity (Wildman–Crippen MR) is 115 cm³/mol. The molecule has 0 spiro atoms. The third-order valence-electron chi connectivity index (χ3n) is 3.53. The first-order valence-electron chi connectivity index (χ1n) is 7.97. The quantitative estimate of drug-likeness (QED) is 0.277. The van der Waals surface area contributed by atoms with Gasteiger partial charge in [0.15, 0.2) is 17.5 Å². The number of aromatic hydroxyl groups is 1. The average molecular weight is 479 g/mol. The van der Waals surface area contributed by atoms with E-state index in [0.717, 1.165) is 11.4 Å². The Kier molecular flexibility index (Phi) is 7.42. The summed E-state index contributed by atoms with van der Waals surface area (Å²) in [5.74, 6) is 0.514. The molecule has 3 rings (SSSR count). The van der Waals surface area contributed by atoms with Crippen molar-refractivity contribution < 1.29 is 14.2 Å². The Morgan fingerprint density at radius 2 is 1.74 bits per heavy atom. The van der Waals surface area contributed by atoms with E-state index < -0.39 is 5.82 Å². The third-order valence-corrected chi connectivity index (χ3v) is 3.53. The van der Waals surface area contributed by atoms with Crippen LogP contribution in [0.2, 0.25) is 0 Å². The van der Waals surface area contributed by atoms with Crippen molar-refractivity contribution in [2.45, 2.75) is 6.54 Å². The van der Waals surface area contributed by atoms with E-state index >= 15 is 0 Å². The average Bonchev–Trinajstić information content (AvgIpc) is 2.64. The van der Waals surface area contributed by atoms with Crippen LogP contribution in [-0.2, 0) is 6.54 Å². The Bertz CT molecular complexity index is 920. The molecular formula is C20H19FIN3O2. The fourth-order valence-corrected chi connectivity index (χ4v) is 2.27. The minimum Gasteiger partial charge on any atom is -0.505 e. The van der Waals surface area contributed by atoms with E-state index in [0.29, 0.717) is 11.3 Å². The topological polar surface area (TPSA) is 79.9 Å². The number of halogens is 2. The lowest BCUT2D eigenvalue weighted by Crippen LogP contribution is -2.22. The molecule has 0 heterocycles. The second-order valence-electron chi connectivity index (χ2n) is 5.56. The molecule has 0 atom stereocenters. The molecule has 3 aromatic rings. The second-order valence-corrected chi connectivity index (χ2v) is 5.56. The van der Waals surface area contributed by atoms with Gasteiger partial charge in [0.25, 0.3) is 0 Å². The Morgan fingerprint density at radius 3 is 2.48 bits per heavy atom. The predicted octanol–water partition coefficient (Wildman–Crippen LogP) is 4.87. The zero-order valence-electron chi connectivity index (χ0n) is 14.3. The van der Waals surface area contributed by atoms with Gasteiger partial charge < -0.3 is 20.9 Å². The Hall–Kier alpha value is -2.81. The van der Waals surface area contributed by atoms with Crippen LogP contribution in [0.4, 0.5) is 10.1 Å². The molecule has 140 valence electrons. The van der Waals surface area contributed by atoms with Crippen LogP contribution >= 0.6 is 24.0 Å². The number of benzene rings is 3. The highest BCUT2D eigenvalue weighted by Crippen LogP contribution is 2.23. The molecule has 0 aliphatic carbocycles. The molecule has 0 unspecified atom stereocenters. The van der Waals surface area contributed by atoms with Crippen molar-refractivity contribution in [1.82, 2.24) is 0 Å². The number of hydrogen-bond donors (Lipinski definition) is 3. The molecule has 5 nitrogen and oxygen atoms in total. The number of phenols is 1. The molecule has 7 heteroatoms. The van der Waals surface area contributed by atoms with E-state index in [1.807, 2.05) is 48.5 Å². The molecule has 0 aliphatic rings. The minimum atomic E-state index is -0.685. The first-order valence-corrected chi connectivity index (χ1v) is 7.97. The van der Waals surface area contributed by atoms with Gasteiger partial charge in [-0.15, -0.1) is 24.0 Å². The van der Waals surface area contributed by atoms with Crippen LogP contribution in [0.25, 0.3) is 0 Å². The molecule has 0 radical (unpaired) electrons. The molecule has 0 saturated carbocycles. The molecule has 3 aromatic carbocycles. The SMILES string of the molecule is I.NC(=NCc1ccc(O)c(F)c1)Nc1cccc(Oc2ccccc2)c1. The van der Waals surface area contributed by atoms with E-state index in [4.69, 9.17) is 10.5 Å². The van der Waals surface area contributed by atoms with Gasteiger partial charge in [0.05, 0.1) is 6.54 Å². The zero-order chi connectivity index (χ0) is 18.4. The number of aliphatic imine (C=N–C) groups is 1. The summed E-state index contributed by atoms with van der Waals surface area (Å²) in [6.45, 7) is 0.191. The normalized spacial score (nSPS) is 10.8. The van der Waals surface area contributed by atoms with Crippen LogP contribution in [0, 0.1) is 5.82 Å².